The predicted octanol–water partition coefficient (Wildman–Crippen LogP) is 5.07. The van der Waals surface area contributed by atoms with Crippen molar-refractivity contribution in [3.63, 3.8) is 0 Å². The second-order valence-electron chi connectivity index (χ2n) is 6.87. The number of hydrogen-bond donors (Lipinski definition) is 1. The molecule has 2 aromatic carbocycles. The predicted molar refractivity (Wildman–Crippen MR) is 111 cm³/mol. The van der Waals surface area contributed by atoms with Crippen molar-refractivity contribution in [2.75, 3.05) is 13.3 Å². The minimum Gasteiger partial charge on any atom is -0.384 e. The van der Waals surface area contributed by atoms with Crippen LogP contribution in [-0.4, -0.2) is 25.0 Å². The fourth-order valence-electron chi connectivity index (χ4n) is 3.12. The molecule has 1 unspecified atom stereocenters. The summed E-state index contributed by atoms with van der Waals surface area (Å²) in [7, 11) is 0. The molecule has 0 spiro atoms. The standard InChI is InChI=1S/C21H22Cl2N2O3/c1-4-27-12-24-20(26)18-6-5-14(7-13(18)2)19-11-21(3,28-25-19)15-8-16(22)10-17(23)9-15/h5-10H,4,11-12H2,1-3H3,(H,24,26). The average Bonchev–Trinajstić information content (AvgIpc) is 3.04. The minimum absolute atomic E-state index is 0.166. The van der Waals surface area contributed by atoms with Crippen molar-refractivity contribution in [3.05, 3.63) is 68.7 Å². The fraction of sp³-hybridized carbons (Fsp3) is 0.333. The Morgan fingerprint density at radius 2 is 1.96 bits per heavy atom. The molecule has 0 fully saturated rings. The van der Waals surface area contributed by atoms with Crippen molar-refractivity contribution in [1.29, 1.82) is 0 Å². The van der Waals surface area contributed by atoms with E-state index < -0.39 is 5.60 Å². The Bertz CT molecular complexity index is 910. The summed E-state index contributed by atoms with van der Waals surface area (Å²) in [5.41, 5.74) is 3.40. The van der Waals surface area contributed by atoms with Gasteiger partial charge in [0.2, 0.25) is 0 Å². The van der Waals surface area contributed by atoms with E-state index in [9.17, 15) is 4.79 Å². The van der Waals surface area contributed by atoms with E-state index in [-0.39, 0.29) is 12.6 Å². The molecule has 0 aromatic heterocycles. The fourth-order valence-corrected chi connectivity index (χ4v) is 3.65. The molecule has 0 radical (unpaired) electrons. The topological polar surface area (TPSA) is 59.9 Å². The Balaban J connectivity index is 1.76. The number of halogens is 2. The molecule has 0 saturated heterocycles. The molecule has 1 aliphatic heterocycles. The molecule has 0 saturated carbocycles. The highest BCUT2D eigenvalue weighted by Crippen LogP contribution is 2.38. The number of benzene rings is 2. The maximum absolute atomic E-state index is 12.3. The zero-order valence-electron chi connectivity index (χ0n) is 16.0. The molecule has 1 aliphatic rings. The van der Waals surface area contributed by atoms with Gasteiger partial charge in [-0.3, -0.25) is 4.79 Å². The van der Waals surface area contributed by atoms with Gasteiger partial charge < -0.3 is 14.9 Å². The van der Waals surface area contributed by atoms with Gasteiger partial charge in [-0.1, -0.05) is 34.4 Å². The number of carbonyl (C=O) groups excluding carboxylic acids is 1. The van der Waals surface area contributed by atoms with E-state index >= 15 is 0 Å². The average molecular weight is 421 g/mol. The summed E-state index contributed by atoms with van der Waals surface area (Å²) in [5.74, 6) is -0.166. The van der Waals surface area contributed by atoms with Gasteiger partial charge in [-0.2, -0.15) is 0 Å². The lowest BCUT2D eigenvalue weighted by molar-refractivity contribution is -0.00737. The van der Waals surface area contributed by atoms with Crippen molar-refractivity contribution in [3.8, 4) is 0 Å². The Hall–Kier alpha value is -2.08. The van der Waals surface area contributed by atoms with Crippen LogP contribution in [0, 0.1) is 6.92 Å². The van der Waals surface area contributed by atoms with Crippen molar-refractivity contribution >= 4 is 34.8 Å². The zero-order chi connectivity index (χ0) is 20.3. The molecular weight excluding hydrogens is 399 g/mol. The highest BCUT2D eigenvalue weighted by Gasteiger charge is 2.37. The first-order valence-corrected chi connectivity index (χ1v) is 9.76. The van der Waals surface area contributed by atoms with Crippen molar-refractivity contribution in [2.24, 2.45) is 5.16 Å². The highest BCUT2D eigenvalue weighted by atomic mass is 35.5. The summed E-state index contributed by atoms with van der Waals surface area (Å²) in [6.07, 6.45) is 0.568. The van der Waals surface area contributed by atoms with Crippen LogP contribution in [0.5, 0.6) is 0 Å². The number of aryl methyl sites for hydroxylation is 1. The van der Waals surface area contributed by atoms with Gasteiger partial charge in [0.15, 0.2) is 5.60 Å². The smallest absolute Gasteiger partial charge is 0.253 e. The molecule has 0 bridgehead atoms. The minimum atomic E-state index is -0.648. The van der Waals surface area contributed by atoms with Gasteiger partial charge >= 0.3 is 0 Å². The second kappa shape index (κ2) is 8.52. The number of carbonyl (C=O) groups is 1. The number of nitrogens with one attached hydrogen (secondary N) is 1. The molecule has 1 heterocycles. The van der Waals surface area contributed by atoms with E-state index in [4.69, 9.17) is 32.8 Å². The third kappa shape index (κ3) is 4.49. The third-order valence-corrected chi connectivity index (χ3v) is 5.11. The first-order valence-electron chi connectivity index (χ1n) is 9.01. The van der Waals surface area contributed by atoms with Gasteiger partial charge in [-0.15, -0.1) is 0 Å². The summed E-state index contributed by atoms with van der Waals surface area (Å²) in [5, 5.41) is 8.12. The number of ether oxygens (including phenoxy) is 1. The maximum atomic E-state index is 12.3. The van der Waals surface area contributed by atoms with Crippen LogP contribution in [0.15, 0.2) is 41.6 Å². The lowest BCUT2D eigenvalue weighted by atomic mass is 9.88. The molecule has 148 valence electrons. The molecule has 28 heavy (non-hydrogen) atoms. The van der Waals surface area contributed by atoms with Crippen molar-refractivity contribution < 1.29 is 14.4 Å². The van der Waals surface area contributed by atoms with Crippen LogP contribution in [0.2, 0.25) is 10.0 Å². The first kappa shape index (κ1) is 20.6. The van der Waals surface area contributed by atoms with E-state index in [1.807, 2.05) is 45.0 Å². The van der Waals surface area contributed by atoms with Crippen LogP contribution in [0.4, 0.5) is 0 Å². The zero-order valence-corrected chi connectivity index (χ0v) is 17.5. The van der Waals surface area contributed by atoms with Gasteiger partial charge in [0.25, 0.3) is 5.91 Å². The lowest BCUT2D eigenvalue weighted by Gasteiger charge is -2.22. The number of amides is 1. The van der Waals surface area contributed by atoms with Crippen LogP contribution in [0.25, 0.3) is 0 Å². The largest absolute Gasteiger partial charge is 0.384 e. The van der Waals surface area contributed by atoms with Gasteiger partial charge in [-0.25, -0.2) is 0 Å². The molecular formula is C21H22Cl2N2O3. The Labute approximate surface area is 174 Å². The summed E-state index contributed by atoms with van der Waals surface area (Å²) in [6, 6.07) is 11.0. The molecule has 1 amide bonds. The molecule has 2 aromatic rings. The molecule has 7 heteroatoms. The van der Waals surface area contributed by atoms with E-state index in [1.54, 1.807) is 12.1 Å². The Kier molecular flexibility index (Phi) is 6.28. The lowest BCUT2D eigenvalue weighted by Crippen LogP contribution is -2.27. The molecule has 0 aliphatic carbocycles. The molecule has 1 N–H and O–H groups in total. The summed E-state index contributed by atoms with van der Waals surface area (Å²) < 4.78 is 5.17. The van der Waals surface area contributed by atoms with Crippen LogP contribution < -0.4 is 5.32 Å². The van der Waals surface area contributed by atoms with Gasteiger partial charge in [0.05, 0.1) is 5.71 Å². The summed E-state index contributed by atoms with van der Waals surface area (Å²) in [6.45, 7) is 6.47. The van der Waals surface area contributed by atoms with Crippen LogP contribution >= 0.6 is 23.2 Å². The number of hydrogen-bond acceptors (Lipinski definition) is 4. The van der Waals surface area contributed by atoms with E-state index in [1.165, 1.54) is 0 Å². The number of rotatable bonds is 6. The van der Waals surface area contributed by atoms with E-state index in [0.29, 0.717) is 28.6 Å². The number of oxime groups is 1. The van der Waals surface area contributed by atoms with Crippen LogP contribution in [0.1, 0.15) is 47.3 Å². The summed E-state index contributed by atoms with van der Waals surface area (Å²) in [4.78, 5) is 18.0. The SMILES string of the molecule is CCOCNC(=O)c1ccc(C2=NOC(C)(c3cc(Cl)cc(Cl)c3)C2)cc1C. The highest BCUT2D eigenvalue weighted by molar-refractivity contribution is 6.34. The number of nitrogens with zero attached hydrogens (tertiary/aromatic N) is 1. The first-order chi connectivity index (χ1) is 13.3. The van der Waals surface area contributed by atoms with Crippen LogP contribution in [0.3, 0.4) is 0 Å². The molecule has 5 nitrogen and oxygen atoms in total. The Morgan fingerprint density at radius 3 is 2.61 bits per heavy atom. The Morgan fingerprint density at radius 1 is 1.25 bits per heavy atom. The maximum Gasteiger partial charge on any atom is 0.253 e. The van der Waals surface area contributed by atoms with Crippen molar-refractivity contribution in [1.82, 2.24) is 5.32 Å². The van der Waals surface area contributed by atoms with Gasteiger partial charge in [0.1, 0.15) is 6.73 Å². The molecule has 3 rings (SSSR count). The summed E-state index contributed by atoms with van der Waals surface area (Å²) >= 11 is 12.3. The second-order valence-corrected chi connectivity index (χ2v) is 7.74. The van der Waals surface area contributed by atoms with Gasteiger partial charge in [-0.05, 0) is 62.2 Å². The van der Waals surface area contributed by atoms with Crippen molar-refractivity contribution in [2.45, 2.75) is 32.8 Å². The van der Waals surface area contributed by atoms with E-state index in [2.05, 4.69) is 10.5 Å². The van der Waals surface area contributed by atoms with E-state index in [0.717, 1.165) is 22.4 Å². The monoisotopic (exact) mass is 420 g/mol. The third-order valence-electron chi connectivity index (χ3n) is 4.68. The van der Waals surface area contributed by atoms with Gasteiger partial charge in [0, 0.05) is 34.2 Å². The van der Waals surface area contributed by atoms with Crippen LogP contribution in [-0.2, 0) is 15.2 Å². The molecule has 1 atom stereocenters. The quantitative estimate of drug-likeness (QED) is 0.524. The normalized spacial score (nSPS) is 18.5.